The highest BCUT2D eigenvalue weighted by atomic mass is 19.1. The Labute approximate surface area is 159 Å². The van der Waals surface area contributed by atoms with Gasteiger partial charge in [-0.05, 0) is 36.8 Å². The molecule has 144 valence electrons. The normalized spacial score (nSPS) is 14.3. The lowest BCUT2D eigenvalue weighted by Crippen LogP contribution is -2.47. The first kappa shape index (κ1) is 19.1. The summed E-state index contributed by atoms with van der Waals surface area (Å²) in [6.07, 6.45) is 4.84. The van der Waals surface area contributed by atoms with Crippen molar-refractivity contribution in [1.29, 1.82) is 0 Å². The predicted molar refractivity (Wildman–Crippen MR) is 105 cm³/mol. The van der Waals surface area contributed by atoms with Crippen LogP contribution in [0.4, 0.5) is 16.0 Å². The van der Waals surface area contributed by atoms with E-state index in [1.165, 1.54) is 12.1 Å². The molecule has 1 aliphatic rings. The van der Waals surface area contributed by atoms with E-state index in [1.54, 1.807) is 24.4 Å². The standard InChI is InChI=1S/C20H26FN5O/c1-2-3-4-10-22-19(27)18-9-11-23-20(24-18)26-14-12-25(13-15-26)17-7-5-16(21)6-8-17/h5-9,11H,2-4,10,12-15H2,1H3,(H,22,27). The number of piperazine rings is 1. The van der Waals surface area contributed by atoms with Crippen molar-refractivity contribution in [1.82, 2.24) is 15.3 Å². The number of nitrogens with zero attached hydrogens (tertiary/aromatic N) is 4. The molecule has 6 nitrogen and oxygen atoms in total. The van der Waals surface area contributed by atoms with Crippen LogP contribution in [-0.2, 0) is 0 Å². The topological polar surface area (TPSA) is 61.4 Å². The van der Waals surface area contributed by atoms with Gasteiger partial charge in [-0.1, -0.05) is 19.8 Å². The van der Waals surface area contributed by atoms with Gasteiger partial charge in [0.1, 0.15) is 11.5 Å². The Morgan fingerprint density at radius 3 is 2.48 bits per heavy atom. The van der Waals surface area contributed by atoms with E-state index in [-0.39, 0.29) is 11.7 Å². The number of hydrogen-bond acceptors (Lipinski definition) is 5. The van der Waals surface area contributed by atoms with Gasteiger partial charge >= 0.3 is 0 Å². The number of benzene rings is 1. The van der Waals surface area contributed by atoms with E-state index in [0.717, 1.165) is 51.1 Å². The molecule has 1 aliphatic heterocycles. The van der Waals surface area contributed by atoms with Crippen LogP contribution in [0.2, 0.25) is 0 Å². The lowest BCUT2D eigenvalue weighted by Gasteiger charge is -2.36. The summed E-state index contributed by atoms with van der Waals surface area (Å²) in [5, 5.41) is 2.91. The average Bonchev–Trinajstić information content (AvgIpc) is 2.72. The number of aromatic nitrogens is 2. The molecule has 27 heavy (non-hydrogen) atoms. The van der Waals surface area contributed by atoms with Gasteiger partial charge in [0.25, 0.3) is 5.91 Å². The Bertz CT molecular complexity index is 744. The summed E-state index contributed by atoms with van der Waals surface area (Å²) in [6, 6.07) is 8.20. The summed E-state index contributed by atoms with van der Waals surface area (Å²) >= 11 is 0. The summed E-state index contributed by atoms with van der Waals surface area (Å²) < 4.78 is 13.1. The van der Waals surface area contributed by atoms with E-state index in [4.69, 9.17) is 0 Å². The van der Waals surface area contributed by atoms with Crippen LogP contribution >= 0.6 is 0 Å². The Morgan fingerprint density at radius 1 is 1.07 bits per heavy atom. The number of unbranched alkanes of at least 4 members (excludes halogenated alkanes) is 2. The van der Waals surface area contributed by atoms with Gasteiger partial charge in [-0.2, -0.15) is 0 Å². The van der Waals surface area contributed by atoms with E-state index in [1.807, 2.05) is 0 Å². The van der Waals surface area contributed by atoms with Crippen LogP contribution in [0.1, 0.15) is 36.7 Å². The van der Waals surface area contributed by atoms with Gasteiger partial charge in [0, 0.05) is 44.6 Å². The third-order valence-electron chi connectivity index (χ3n) is 4.70. The molecule has 7 heteroatoms. The molecule has 3 rings (SSSR count). The van der Waals surface area contributed by atoms with E-state index in [2.05, 4.69) is 32.0 Å². The van der Waals surface area contributed by atoms with Crippen molar-refractivity contribution in [2.24, 2.45) is 0 Å². The third kappa shape index (κ3) is 5.15. The van der Waals surface area contributed by atoms with Crippen molar-refractivity contribution >= 4 is 17.5 Å². The second-order valence-electron chi connectivity index (χ2n) is 6.66. The highest BCUT2D eigenvalue weighted by Crippen LogP contribution is 2.18. The highest BCUT2D eigenvalue weighted by molar-refractivity contribution is 5.92. The number of hydrogen-bond donors (Lipinski definition) is 1. The fourth-order valence-electron chi connectivity index (χ4n) is 3.11. The first-order chi connectivity index (χ1) is 13.2. The van der Waals surface area contributed by atoms with Crippen LogP contribution in [0.25, 0.3) is 0 Å². The van der Waals surface area contributed by atoms with Gasteiger partial charge < -0.3 is 15.1 Å². The number of rotatable bonds is 7. The van der Waals surface area contributed by atoms with Gasteiger partial charge in [0.2, 0.25) is 5.95 Å². The molecule has 0 spiro atoms. The van der Waals surface area contributed by atoms with Crippen molar-refractivity contribution in [3.63, 3.8) is 0 Å². The van der Waals surface area contributed by atoms with Crippen molar-refractivity contribution in [3.05, 3.63) is 48.0 Å². The molecule has 0 atom stereocenters. The summed E-state index contributed by atoms with van der Waals surface area (Å²) in [7, 11) is 0. The second kappa shape index (κ2) is 9.30. The second-order valence-corrected chi connectivity index (χ2v) is 6.66. The minimum absolute atomic E-state index is 0.153. The molecule has 1 aromatic heterocycles. The summed E-state index contributed by atoms with van der Waals surface area (Å²) in [5.74, 6) is 0.199. The fraction of sp³-hybridized carbons (Fsp3) is 0.450. The average molecular weight is 371 g/mol. The molecule has 1 saturated heterocycles. The Morgan fingerprint density at radius 2 is 1.78 bits per heavy atom. The van der Waals surface area contributed by atoms with Crippen molar-refractivity contribution in [2.45, 2.75) is 26.2 Å². The number of halogens is 1. The van der Waals surface area contributed by atoms with Gasteiger partial charge in [-0.25, -0.2) is 14.4 Å². The zero-order valence-electron chi connectivity index (χ0n) is 15.7. The minimum Gasteiger partial charge on any atom is -0.368 e. The smallest absolute Gasteiger partial charge is 0.270 e. The lowest BCUT2D eigenvalue weighted by molar-refractivity contribution is 0.0948. The SMILES string of the molecule is CCCCCNC(=O)c1ccnc(N2CCN(c3ccc(F)cc3)CC2)n1. The fourth-order valence-corrected chi connectivity index (χ4v) is 3.11. The molecule has 2 aromatic rings. The largest absolute Gasteiger partial charge is 0.368 e. The van der Waals surface area contributed by atoms with Crippen LogP contribution in [-0.4, -0.2) is 48.6 Å². The van der Waals surface area contributed by atoms with Crippen LogP contribution in [0.5, 0.6) is 0 Å². The molecule has 0 radical (unpaired) electrons. The molecule has 0 saturated carbocycles. The zero-order chi connectivity index (χ0) is 19.1. The van der Waals surface area contributed by atoms with Crippen molar-refractivity contribution < 1.29 is 9.18 Å². The van der Waals surface area contributed by atoms with Crippen LogP contribution < -0.4 is 15.1 Å². The van der Waals surface area contributed by atoms with E-state index in [9.17, 15) is 9.18 Å². The monoisotopic (exact) mass is 371 g/mol. The van der Waals surface area contributed by atoms with Gasteiger partial charge in [0.05, 0.1) is 0 Å². The molecule has 1 fully saturated rings. The van der Waals surface area contributed by atoms with Gasteiger partial charge in [-0.15, -0.1) is 0 Å². The number of nitrogens with one attached hydrogen (secondary N) is 1. The van der Waals surface area contributed by atoms with Gasteiger partial charge in [-0.3, -0.25) is 4.79 Å². The lowest BCUT2D eigenvalue weighted by atomic mass is 10.2. The highest BCUT2D eigenvalue weighted by Gasteiger charge is 2.20. The summed E-state index contributed by atoms with van der Waals surface area (Å²) in [4.78, 5) is 25.3. The Hall–Kier alpha value is -2.70. The molecule has 1 N–H and O–H groups in total. The Balaban J connectivity index is 1.56. The van der Waals surface area contributed by atoms with Crippen LogP contribution in [0.3, 0.4) is 0 Å². The van der Waals surface area contributed by atoms with Crippen molar-refractivity contribution in [3.8, 4) is 0 Å². The number of carbonyl (C=O) groups excluding carboxylic acids is 1. The molecule has 2 heterocycles. The van der Waals surface area contributed by atoms with E-state index < -0.39 is 0 Å². The number of amides is 1. The van der Waals surface area contributed by atoms with Crippen molar-refractivity contribution in [2.75, 3.05) is 42.5 Å². The van der Waals surface area contributed by atoms with E-state index in [0.29, 0.717) is 18.2 Å². The molecule has 1 aromatic carbocycles. The molecular formula is C20H26FN5O. The maximum Gasteiger partial charge on any atom is 0.270 e. The number of carbonyl (C=O) groups is 1. The third-order valence-corrected chi connectivity index (χ3v) is 4.70. The maximum absolute atomic E-state index is 13.1. The quantitative estimate of drug-likeness (QED) is 0.759. The first-order valence-electron chi connectivity index (χ1n) is 9.54. The van der Waals surface area contributed by atoms with Crippen LogP contribution in [0, 0.1) is 5.82 Å². The molecule has 0 bridgehead atoms. The van der Waals surface area contributed by atoms with E-state index >= 15 is 0 Å². The first-order valence-corrected chi connectivity index (χ1v) is 9.54. The summed E-state index contributed by atoms with van der Waals surface area (Å²) in [5.41, 5.74) is 1.41. The minimum atomic E-state index is -0.226. The molecule has 0 aliphatic carbocycles. The molecule has 0 unspecified atom stereocenters. The molecular weight excluding hydrogens is 345 g/mol. The summed E-state index contributed by atoms with van der Waals surface area (Å²) in [6.45, 7) is 5.89. The Kier molecular flexibility index (Phi) is 6.57. The number of anilines is 2. The predicted octanol–water partition coefficient (Wildman–Crippen LogP) is 2.86. The maximum atomic E-state index is 13.1. The van der Waals surface area contributed by atoms with Gasteiger partial charge in [0.15, 0.2) is 0 Å². The zero-order valence-corrected chi connectivity index (χ0v) is 15.7. The molecule has 1 amide bonds. The van der Waals surface area contributed by atoms with Crippen LogP contribution in [0.15, 0.2) is 36.5 Å².